The number of aromatic nitrogens is 3. The van der Waals surface area contributed by atoms with Gasteiger partial charge in [-0.05, 0) is 70.2 Å². The summed E-state index contributed by atoms with van der Waals surface area (Å²) in [6.45, 7) is 8.05. The van der Waals surface area contributed by atoms with E-state index in [1.807, 2.05) is 6.92 Å². The van der Waals surface area contributed by atoms with Gasteiger partial charge in [-0.15, -0.1) is 0 Å². The number of hydrogen-bond donors (Lipinski definition) is 1. The largest absolute Gasteiger partial charge is 0.281 e. The van der Waals surface area contributed by atoms with Gasteiger partial charge in [-0.1, -0.05) is 29.8 Å². The van der Waals surface area contributed by atoms with Crippen molar-refractivity contribution < 1.29 is 8.42 Å². The Labute approximate surface area is 178 Å². The molecule has 6 nitrogen and oxygen atoms in total. The molecule has 1 N–H and O–H groups in total. The Hall–Kier alpha value is -2.51. The second kappa shape index (κ2) is 7.96. The minimum atomic E-state index is -3.64. The maximum Gasteiger partial charge on any atom is 0.247 e. The van der Waals surface area contributed by atoms with Crippen LogP contribution in [0.1, 0.15) is 58.3 Å². The van der Waals surface area contributed by atoms with Crippen LogP contribution in [0.2, 0.25) is 0 Å². The zero-order chi connectivity index (χ0) is 21.5. The Balaban J connectivity index is 1.68. The molecule has 1 fully saturated rings. The molecule has 1 aliphatic rings. The second-order valence-corrected chi connectivity index (χ2v) is 10.1. The Kier molecular flexibility index (Phi) is 5.51. The molecule has 0 bridgehead atoms. The molecule has 0 spiro atoms. The van der Waals surface area contributed by atoms with E-state index in [1.165, 1.54) is 11.1 Å². The van der Waals surface area contributed by atoms with E-state index in [4.69, 9.17) is 4.98 Å². The molecule has 1 saturated heterocycles. The molecule has 0 unspecified atom stereocenters. The molecule has 2 aromatic heterocycles. The molecule has 7 heteroatoms. The van der Waals surface area contributed by atoms with Gasteiger partial charge < -0.3 is 0 Å². The molecule has 0 aliphatic carbocycles. The first-order chi connectivity index (χ1) is 14.3. The third kappa shape index (κ3) is 3.91. The minimum absolute atomic E-state index is 0.250. The van der Waals surface area contributed by atoms with Gasteiger partial charge in [-0.2, -0.15) is 9.40 Å². The normalized spacial score (nSPS) is 17.5. The van der Waals surface area contributed by atoms with Crippen molar-refractivity contribution >= 4 is 10.0 Å². The van der Waals surface area contributed by atoms with Crippen molar-refractivity contribution in [2.24, 2.45) is 0 Å². The number of nitrogens with zero attached hydrogens (tertiary/aromatic N) is 3. The Bertz CT molecular complexity index is 1160. The standard InChI is InChI=1S/C23H28N4O2S/c1-15-7-5-8-19(11-15)13-20-12-16(2)24-21(14-20)22-9-6-10-27(22)30(28,29)23-17(3)25-26-18(23)4/h5,7-8,11-12,14,22H,6,9-10,13H2,1-4H3,(H,25,26)/t22-/m1/s1. The van der Waals surface area contributed by atoms with E-state index in [2.05, 4.69) is 53.5 Å². The molecule has 3 aromatic rings. The summed E-state index contributed by atoms with van der Waals surface area (Å²) in [7, 11) is -3.64. The molecule has 0 radical (unpaired) electrons. The molecule has 158 valence electrons. The maximum absolute atomic E-state index is 13.5. The van der Waals surface area contributed by atoms with Crippen LogP contribution in [0.15, 0.2) is 41.3 Å². The number of sulfonamides is 1. The number of aromatic amines is 1. The van der Waals surface area contributed by atoms with Gasteiger partial charge in [0.1, 0.15) is 4.90 Å². The highest BCUT2D eigenvalue weighted by Gasteiger charge is 2.39. The molecule has 1 aliphatic heterocycles. The topological polar surface area (TPSA) is 79.0 Å². The van der Waals surface area contributed by atoms with Crippen molar-refractivity contribution in [2.75, 3.05) is 6.54 Å². The van der Waals surface area contributed by atoms with Crippen molar-refractivity contribution in [1.29, 1.82) is 0 Å². The fourth-order valence-corrected chi connectivity index (χ4v) is 6.46. The van der Waals surface area contributed by atoms with Gasteiger partial charge >= 0.3 is 0 Å². The van der Waals surface area contributed by atoms with Crippen LogP contribution in [0.3, 0.4) is 0 Å². The zero-order valence-electron chi connectivity index (χ0n) is 17.9. The van der Waals surface area contributed by atoms with Gasteiger partial charge in [0.15, 0.2) is 0 Å². The Morgan fingerprint density at radius 2 is 1.90 bits per heavy atom. The summed E-state index contributed by atoms with van der Waals surface area (Å²) in [4.78, 5) is 5.03. The van der Waals surface area contributed by atoms with Gasteiger partial charge in [-0.3, -0.25) is 10.1 Å². The number of hydrogen-bond acceptors (Lipinski definition) is 4. The lowest BCUT2D eigenvalue weighted by Crippen LogP contribution is -2.32. The summed E-state index contributed by atoms with van der Waals surface area (Å²) in [5.41, 5.74) is 6.46. The van der Waals surface area contributed by atoms with Crippen LogP contribution in [0, 0.1) is 27.7 Å². The zero-order valence-corrected chi connectivity index (χ0v) is 18.8. The van der Waals surface area contributed by atoms with E-state index in [-0.39, 0.29) is 6.04 Å². The van der Waals surface area contributed by atoms with Crippen molar-refractivity contribution in [1.82, 2.24) is 19.5 Å². The average molecular weight is 425 g/mol. The number of benzene rings is 1. The summed E-state index contributed by atoms with van der Waals surface area (Å²) in [6.07, 6.45) is 2.40. The highest BCUT2D eigenvalue weighted by Crippen LogP contribution is 2.37. The number of pyridine rings is 1. The molecule has 1 atom stereocenters. The van der Waals surface area contributed by atoms with Crippen LogP contribution in [0.4, 0.5) is 0 Å². The second-order valence-electron chi connectivity index (χ2n) is 8.24. The molecule has 3 heterocycles. The number of aryl methyl sites for hydroxylation is 4. The molecule has 30 heavy (non-hydrogen) atoms. The van der Waals surface area contributed by atoms with Crippen LogP contribution in [0.5, 0.6) is 0 Å². The third-order valence-corrected chi connectivity index (χ3v) is 7.87. The fourth-order valence-electron chi connectivity index (χ4n) is 4.46. The van der Waals surface area contributed by atoms with E-state index in [0.29, 0.717) is 22.8 Å². The van der Waals surface area contributed by atoms with E-state index < -0.39 is 10.0 Å². The summed E-state index contributed by atoms with van der Waals surface area (Å²) in [5.74, 6) is 0. The third-order valence-electron chi connectivity index (χ3n) is 5.70. The lowest BCUT2D eigenvalue weighted by Gasteiger charge is -2.24. The van der Waals surface area contributed by atoms with Crippen molar-refractivity contribution in [3.05, 3.63) is 75.9 Å². The molecule has 0 saturated carbocycles. The van der Waals surface area contributed by atoms with Gasteiger partial charge in [0.2, 0.25) is 10.0 Å². The molecule has 0 amide bonds. The molecular weight excluding hydrogens is 396 g/mol. The monoisotopic (exact) mass is 424 g/mol. The minimum Gasteiger partial charge on any atom is -0.281 e. The lowest BCUT2D eigenvalue weighted by molar-refractivity contribution is 0.389. The Morgan fingerprint density at radius 1 is 1.10 bits per heavy atom. The quantitative estimate of drug-likeness (QED) is 0.667. The van der Waals surface area contributed by atoms with Crippen LogP contribution < -0.4 is 0 Å². The highest BCUT2D eigenvalue weighted by atomic mass is 32.2. The predicted molar refractivity (Wildman–Crippen MR) is 117 cm³/mol. The first kappa shape index (κ1) is 20.8. The summed E-state index contributed by atoms with van der Waals surface area (Å²) in [5, 5.41) is 6.89. The number of rotatable bonds is 5. The van der Waals surface area contributed by atoms with E-state index in [1.54, 1.807) is 18.2 Å². The van der Waals surface area contributed by atoms with Crippen LogP contribution in [0.25, 0.3) is 0 Å². The Morgan fingerprint density at radius 3 is 2.60 bits per heavy atom. The van der Waals surface area contributed by atoms with Crippen molar-refractivity contribution in [3.8, 4) is 0 Å². The van der Waals surface area contributed by atoms with Gasteiger partial charge in [0, 0.05) is 12.2 Å². The summed E-state index contributed by atoms with van der Waals surface area (Å²) >= 11 is 0. The van der Waals surface area contributed by atoms with Gasteiger partial charge in [0.25, 0.3) is 0 Å². The molecule has 1 aromatic carbocycles. The van der Waals surface area contributed by atoms with Crippen LogP contribution in [-0.2, 0) is 16.4 Å². The SMILES string of the molecule is Cc1cccc(Cc2cc(C)nc([C@H]3CCCN3S(=O)(=O)c3c(C)n[nH]c3C)c2)c1. The molecular formula is C23H28N4O2S. The van der Waals surface area contributed by atoms with Gasteiger partial charge in [-0.25, -0.2) is 8.42 Å². The van der Waals surface area contributed by atoms with E-state index in [0.717, 1.165) is 36.2 Å². The first-order valence-electron chi connectivity index (χ1n) is 10.3. The van der Waals surface area contributed by atoms with Crippen molar-refractivity contribution in [2.45, 2.75) is 57.9 Å². The fraction of sp³-hybridized carbons (Fsp3) is 0.391. The van der Waals surface area contributed by atoms with Crippen LogP contribution >= 0.6 is 0 Å². The average Bonchev–Trinajstić information content (AvgIpc) is 3.29. The number of H-pyrrole nitrogens is 1. The lowest BCUT2D eigenvalue weighted by atomic mass is 10.0. The highest BCUT2D eigenvalue weighted by molar-refractivity contribution is 7.89. The maximum atomic E-state index is 13.5. The summed E-state index contributed by atoms with van der Waals surface area (Å²) < 4.78 is 28.5. The smallest absolute Gasteiger partial charge is 0.247 e. The van der Waals surface area contributed by atoms with E-state index >= 15 is 0 Å². The van der Waals surface area contributed by atoms with Gasteiger partial charge in [0.05, 0.1) is 23.1 Å². The summed E-state index contributed by atoms with van der Waals surface area (Å²) in [6, 6.07) is 12.4. The van der Waals surface area contributed by atoms with Crippen molar-refractivity contribution in [3.63, 3.8) is 0 Å². The molecule has 4 rings (SSSR count). The van der Waals surface area contributed by atoms with Crippen LogP contribution in [-0.4, -0.2) is 34.4 Å². The first-order valence-corrected chi connectivity index (χ1v) is 11.8. The van der Waals surface area contributed by atoms with E-state index in [9.17, 15) is 8.42 Å². The number of nitrogens with one attached hydrogen (secondary N) is 1. The predicted octanol–water partition coefficient (Wildman–Crippen LogP) is 4.15.